The van der Waals surface area contributed by atoms with Crippen molar-refractivity contribution >= 4 is 11.8 Å². The van der Waals surface area contributed by atoms with Gasteiger partial charge in [0.15, 0.2) is 0 Å². The first-order valence-corrected chi connectivity index (χ1v) is 5.48. The zero-order valence-corrected chi connectivity index (χ0v) is 9.49. The van der Waals surface area contributed by atoms with Gasteiger partial charge in [-0.2, -0.15) is 5.26 Å². The maximum atomic E-state index is 11.7. The van der Waals surface area contributed by atoms with Crippen LogP contribution in [0.15, 0.2) is 0 Å². The van der Waals surface area contributed by atoms with Crippen LogP contribution in [0.5, 0.6) is 0 Å². The minimum Gasteiger partial charge on any atom is -0.303 e. The summed E-state index contributed by atoms with van der Waals surface area (Å²) in [6, 6.07) is 2.14. The van der Waals surface area contributed by atoms with E-state index in [1.165, 1.54) is 4.90 Å². The Balaban J connectivity index is 1.94. The van der Waals surface area contributed by atoms with Crippen molar-refractivity contribution in [2.45, 2.75) is 25.3 Å². The standard InChI is InChI=1S/C11H15N3O2/c1-11(6-12,13-2)3-4-14-9(15)7-5-8(7)10(14)16/h7-8,13H,3-5H2,1-2H3. The van der Waals surface area contributed by atoms with Gasteiger partial charge in [0.1, 0.15) is 5.54 Å². The minimum atomic E-state index is -0.673. The van der Waals surface area contributed by atoms with Crippen molar-refractivity contribution in [3.63, 3.8) is 0 Å². The Morgan fingerprint density at radius 1 is 1.50 bits per heavy atom. The van der Waals surface area contributed by atoms with Gasteiger partial charge >= 0.3 is 0 Å². The third-order valence-corrected chi connectivity index (χ3v) is 3.59. The molecule has 1 saturated carbocycles. The molecule has 0 aromatic carbocycles. The summed E-state index contributed by atoms with van der Waals surface area (Å²) < 4.78 is 0. The monoisotopic (exact) mass is 221 g/mol. The van der Waals surface area contributed by atoms with Crippen LogP contribution in [-0.2, 0) is 9.59 Å². The molecule has 0 aromatic heterocycles. The Hall–Kier alpha value is -1.41. The zero-order chi connectivity index (χ0) is 11.9. The number of nitriles is 1. The highest BCUT2D eigenvalue weighted by Crippen LogP contribution is 2.47. The van der Waals surface area contributed by atoms with E-state index in [-0.39, 0.29) is 23.7 Å². The van der Waals surface area contributed by atoms with Crippen LogP contribution in [0.25, 0.3) is 0 Å². The number of likely N-dealkylation sites (tertiary alicyclic amines) is 1. The first kappa shape index (κ1) is 11.1. The Bertz CT molecular complexity index is 367. The van der Waals surface area contributed by atoms with E-state index in [1.807, 2.05) is 0 Å². The minimum absolute atomic E-state index is 0.0459. The molecule has 2 amide bonds. The van der Waals surface area contributed by atoms with E-state index in [0.717, 1.165) is 6.42 Å². The molecule has 2 aliphatic rings. The first-order chi connectivity index (χ1) is 7.52. The Morgan fingerprint density at radius 3 is 2.50 bits per heavy atom. The summed E-state index contributed by atoms with van der Waals surface area (Å²) in [6.45, 7) is 2.11. The molecule has 3 atom stereocenters. The number of hydrogen-bond acceptors (Lipinski definition) is 4. The van der Waals surface area contributed by atoms with E-state index in [4.69, 9.17) is 5.26 Å². The third kappa shape index (κ3) is 1.59. The molecule has 5 heteroatoms. The van der Waals surface area contributed by atoms with Gasteiger partial charge < -0.3 is 5.32 Å². The van der Waals surface area contributed by atoms with Gasteiger partial charge in [-0.3, -0.25) is 14.5 Å². The number of rotatable bonds is 4. The van der Waals surface area contributed by atoms with Crippen molar-refractivity contribution in [3.8, 4) is 6.07 Å². The third-order valence-electron chi connectivity index (χ3n) is 3.59. The van der Waals surface area contributed by atoms with E-state index < -0.39 is 5.54 Å². The lowest BCUT2D eigenvalue weighted by Crippen LogP contribution is -2.43. The number of nitrogens with one attached hydrogen (secondary N) is 1. The lowest BCUT2D eigenvalue weighted by molar-refractivity contribution is -0.141. The fourth-order valence-electron chi connectivity index (χ4n) is 2.04. The highest BCUT2D eigenvalue weighted by molar-refractivity contribution is 6.08. The smallest absolute Gasteiger partial charge is 0.233 e. The van der Waals surface area contributed by atoms with Crippen LogP contribution in [0.1, 0.15) is 19.8 Å². The molecule has 0 bridgehead atoms. The largest absolute Gasteiger partial charge is 0.303 e. The average Bonchev–Trinajstić information content (AvgIpc) is 3.04. The fourth-order valence-corrected chi connectivity index (χ4v) is 2.04. The molecule has 2 fully saturated rings. The van der Waals surface area contributed by atoms with Crippen molar-refractivity contribution in [1.82, 2.24) is 10.2 Å². The van der Waals surface area contributed by atoms with Gasteiger partial charge in [-0.05, 0) is 26.8 Å². The maximum absolute atomic E-state index is 11.7. The number of amides is 2. The van der Waals surface area contributed by atoms with Crippen molar-refractivity contribution in [3.05, 3.63) is 0 Å². The van der Waals surface area contributed by atoms with Gasteiger partial charge in [-0.15, -0.1) is 0 Å². The second-order valence-electron chi connectivity index (χ2n) is 4.72. The molecule has 86 valence electrons. The summed E-state index contributed by atoms with van der Waals surface area (Å²) in [5, 5.41) is 11.8. The van der Waals surface area contributed by atoms with Gasteiger partial charge in [0, 0.05) is 6.54 Å². The second kappa shape index (κ2) is 3.56. The predicted octanol–water partition coefficient (Wildman–Crippen LogP) is -0.117. The molecule has 1 heterocycles. The van der Waals surface area contributed by atoms with E-state index in [1.54, 1.807) is 14.0 Å². The van der Waals surface area contributed by atoms with Crippen LogP contribution in [0.2, 0.25) is 0 Å². The first-order valence-electron chi connectivity index (χ1n) is 5.48. The SMILES string of the molecule is CNC(C)(C#N)CCN1C(=O)C2CC2C1=O. The molecule has 5 nitrogen and oxygen atoms in total. The summed E-state index contributed by atoms with van der Waals surface area (Å²) in [7, 11) is 1.70. The quantitative estimate of drug-likeness (QED) is 0.672. The molecule has 3 unspecified atom stereocenters. The van der Waals surface area contributed by atoms with Crippen molar-refractivity contribution in [2.75, 3.05) is 13.6 Å². The Labute approximate surface area is 94.4 Å². The molecule has 1 aliphatic heterocycles. The number of imide groups is 1. The van der Waals surface area contributed by atoms with Gasteiger partial charge in [0.2, 0.25) is 11.8 Å². The van der Waals surface area contributed by atoms with E-state index in [0.29, 0.717) is 13.0 Å². The van der Waals surface area contributed by atoms with E-state index in [9.17, 15) is 9.59 Å². The van der Waals surface area contributed by atoms with Gasteiger partial charge in [-0.1, -0.05) is 0 Å². The van der Waals surface area contributed by atoms with Gasteiger partial charge in [0.05, 0.1) is 17.9 Å². The van der Waals surface area contributed by atoms with Crippen molar-refractivity contribution in [1.29, 1.82) is 5.26 Å². The van der Waals surface area contributed by atoms with Crippen LogP contribution in [0.3, 0.4) is 0 Å². The molecule has 0 spiro atoms. The summed E-state index contributed by atoms with van der Waals surface area (Å²) in [5.41, 5.74) is -0.673. The molecule has 2 rings (SSSR count). The number of carbonyl (C=O) groups excluding carboxylic acids is 2. The topological polar surface area (TPSA) is 73.2 Å². The molecular weight excluding hydrogens is 206 g/mol. The number of piperidine rings is 1. The number of hydrogen-bond donors (Lipinski definition) is 1. The van der Waals surface area contributed by atoms with Gasteiger partial charge in [-0.25, -0.2) is 0 Å². The van der Waals surface area contributed by atoms with Crippen LogP contribution in [0, 0.1) is 23.2 Å². The Morgan fingerprint density at radius 2 is 2.06 bits per heavy atom. The van der Waals surface area contributed by atoms with Crippen molar-refractivity contribution in [2.24, 2.45) is 11.8 Å². The second-order valence-corrected chi connectivity index (χ2v) is 4.72. The highest BCUT2D eigenvalue weighted by atomic mass is 16.2. The van der Waals surface area contributed by atoms with Gasteiger partial charge in [0.25, 0.3) is 0 Å². The van der Waals surface area contributed by atoms with Crippen molar-refractivity contribution < 1.29 is 9.59 Å². The van der Waals surface area contributed by atoms with E-state index >= 15 is 0 Å². The summed E-state index contributed by atoms with van der Waals surface area (Å²) >= 11 is 0. The molecule has 0 aromatic rings. The number of carbonyl (C=O) groups is 2. The fraction of sp³-hybridized carbons (Fsp3) is 0.727. The van der Waals surface area contributed by atoms with Crippen LogP contribution >= 0.6 is 0 Å². The summed E-state index contributed by atoms with van der Waals surface area (Å²) in [6.07, 6.45) is 1.20. The summed E-state index contributed by atoms with van der Waals surface area (Å²) in [5.74, 6) is -0.191. The zero-order valence-electron chi connectivity index (χ0n) is 9.49. The molecule has 0 radical (unpaired) electrons. The van der Waals surface area contributed by atoms with Crippen LogP contribution in [-0.4, -0.2) is 35.8 Å². The average molecular weight is 221 g/mol. The van der Waals surface area contributed by atoms with E-state index in [2.05, 4.69) is 11.4 Å². The maximum Gasteiger partial charge on any atom is 0.233 e. The molecule has 1 N–H and O–H groups in total. The highest BCUT2D eigenvalue weighted by Gasteiger charge is 2.58. The molecular formula is C11H15N3O2. The number of fused-ring (bicyclic) bond motifs is 1. The molecule has 1 aliphatic carbocycles. The normalized spacial score (nSPS) is 30.9. The summed E-state index contributed by atoms with van der Waals surface area (Å²) in [4.78, 5) is 24.6. The predicted molar refractivity (Wildman–Crippen MR) is 56.0 cm³/mol. The molecule has 1 saturated heterocycles. The Kier molecular flexibility index (Phi) is 2.47. The molecule has 16 heavy (non-hydrogen) atoms. The van der Waals surface area contributed by atoms with Crippen LogP contribution in [0.4, 0.5) is 0 Å². The lowest BCUT2D eigenvalue weighted by Gasteiger charge is -2.24. The van der Waals surface area contributed by atoms with Crippen LogP contribution < -0.4 is 5.32 Å². The number of nitrogens with zero attached hydrogens (tertiary/aromatic N) is 2. The lowest BCUT2D eigenvalue weighted by atomic mass is 10.00.